The largest absolute Gasteiger partial charge is 0.339 e. The Morgan fingerprint density at radius 3 is 2.47 bits per heavy atom. The van der Waals surface area contributed by atoms with Gasteiger partial charge in [0.15, 0.2) is 0 Å². The van der Waals surface area contributed by atoms with E-state index < -0.39 is 4.32 Å². The number of carbonyl (C=O) groups excluding carboxylic acids is 1. The molecule has 0 radical (unpaired) electrons. The molecule has 0 unspecified atom stereocenters. The maximum absolute atomic E-state index is 12.1. The number of amides is 1. The highest BCUT2D eigenvalue weighted by molar-refractivity contribution is 9.10. The van der Waals surface area contributed by atoms with E-state index in [4.69, 9.17) is 11.6 Å². The Hall–Kier alpha value is -0.100. The van der Waals surface area contributed by atoms with Crippen molar-refractivity contribution in [2.24, 2.45) is 0 Å². The van der Waals surface area contributed by atoms with Gasteiger partial charge in [-0.25, -0.2) is 0 Å². The van der Waals surface area contributed by atoms with Crippen molar-refractivity contribution in [3.05, 3.63) is 21.3 Å². The molecular weight excluding hydrogens is 348 g/mol. The molecular formula is C13H18BrClN2OS. The lowest BCUT2D eigenvalue weighted by Gasteiger charge is -2.37. The molecule has 2 heterocycles. The summed E-state index contributed by atoms with van der Waals surface area (Å²) in [6, 6.07) is 4.01. The molecule has 0 N–H and O–H groups in total. The maximum Gasteiger partial charge on any atom is 0.238 e. The standard InChI is InChI=1S/C13H18BrClN2OS/c1-13(2,14)12(18)17-7-5-16(6-8-17)9-10-3-4-11(15)19-10/h3-4H,5-9H2,1-2H3. The number of rotatable bonds is 3. The van der Waals surface area contributed by atoms with Gasteiger partial charge < -0.3 is 4.90 Å². The van der Waals surface area contributed by atoms with Gasteiger partial charge >= 0.3 is 0 Å². The van der Waals surface area contributed by atoms with E-state index in [0.717, 1.165) is 37.1 Å². The molecule has 0 spiro atoms. The van der Waals surface area contributed by atoms with Crippen molar-refractivity contribution in [2.75, 3.05) is 26.2 Å². The van der Waals surface area contributed by atoms with E-state index in [1.165, 1.54) is 4.88 Å². The zero-order chi connectivity index (χ0) is 14.0. The molecule has 3 nitrogen and oxygen atoms in total. The Balaban J connectivity index is 1.84. The van der Waals surface area contributed by atoms with Gasteiger partial charge in [-0.3, -0.25) is 9.69 Å². The van der Waals surface area contributed by atoms with Gasteiger partial charge in [0.2, 0.25) is 5.91 Å². The summed E-state index contributed by atoms with van der Waals surface area (Å²) >= 11 is 11.0. The minimum absolute atomic E-state index is 0.173. The van der Waals surface area contributed by atoms with Crippen molar-refractivity contribution in [3.8, 4) is 0 Å². The Morgan fingerprint density at radius 1 is 1.37 bits per heavy atom. The number of hydrogen-bond donors (Lipinski definition) is 0. The second kappa shape index (κ2) is 6.12. The first-order chi connectivity index (χ1) is 8.86. The minimum Gasteiger partial charge on any atom is -0.339 e. The van der Waals surface area contributed by atoms with Crippen molar-refractivity contribution in [3.63, 3.8) is 0 Å². The van der Waals surface area contributed by atoms with Gasteiger partial charge in [-0.2, -0.15) is 0 Å². The van der Waals surface area contributed by atoms with Crippen molar-refractivity contribution >= 4 is 44.8 Å². The summed E-state index contributed by atoms with van der Waals surface area (Å²) in [5.74, 6) is 0.173. The van der Waals surface area contributed by atoms with Crippen LogP contribution in [0.5, 0.6) is 0 Å². The highest BCUT2D eigenvalue weighted by Crippen LogP contribution is 2.24. The van der Waals surface area contributed by atoms with Gasteiger partial charge in [-0.1, -0.05) is 27.5 Å². The Morgan fingerprint density at radius 2 is 2.00 bits per heavy atom. The molecule has 6 heteroatoms. The Kier molecular flexibility index (Phi) is 4.93. The molecule has 1 fully saturated rings. The third-order valence-electron chi connectivity index (χ3n) is 3.18. The molecule has 1 saturated heterocycles. The maximum atomic E-state index is 12.1. The summed E-state index contributed by atoms with van der Waals surface area (Å²) in [7, 11) is 0. The van der Waals surface area contributed by atoms with E-state index in [2.05, 4.69) is 26.9 Å². The van der Waals surface area contributed by atoms with Gasteiger partial charge in [0, 0.05) is 37.6 Å². The molecule has 0 atom stereocenters. The van der Waals surface area contributed by atoms with Gasteiger partial charge in [0.1, 0.15) is 0 Å². The summed E-state index contributed by atoms with van der Waals surface area (Å²) < 4.78 is 0.376. The average molecular weight is 366 g/mol. The average Bonchev–Trinajstić information content (AvgIpc) is 2.74. The molecule has 0 aromatic carbocycles. The molecule has 1 aromatic rings. The van der Waals surface area contributed by atoms with Crippen LogP contribution in [0.3, 0.4) is 0 Å². The number of hydrogen-bond acceptors (Lipinski definition) is 3. The van der Waals surface area contributed by atoms with Crippen LogP contribution < -0.4 is 0 Å². The summed E-state index contributed by atoms with van der Waals surface area (Å²) in [5.41, 5.74) is 0. The normalized spacial score (nSPS) is 17.8. The van der Waals surface area contributed by atoms with E-state index in [1.807, 2.05) is 24.8 Å². The topological polar surface area (TPSA) is 23.6 Å². The molecule has 1 aromatic heterocycles. The van der Waals surface area contributed by atoms with Crippen LogP contribution in [0.1, 0.15) is 18.7 Å². The van der Waals surface area contributed by atoms with Crippen LogP contribution in [0.15, 0.2) is 12.1 Å². The fraction of sp³-hybridized carbons (Fsp3) is 0.615. The molecule has 1 amide bonds. The molecule has 106 valence electrons. The summed E-state index contributed by atoms with van der Waals surface area (Å²) in [6.45, 7) is 8.16. The van der Waals surface area contributed by atoms with Gasteiger partial charge in [-0.05, 0) is 26.0 Å². The van der Waals surface area contributed by atoms with E-state index in [9.17, 15) is 4.79 Å². The number of nitrogens with zero attached hydrogens (tertiary/aromatic N) is 2. The van der Waals surface area contributed by atoms with E-state index in [0.29, 0.717) is 0 Å². The predicted molar refractivity (Wildman–Crippen MR) is 84.2 cm³/mol. The predicted octanol–water partition coefficient (Wildman–Crippen LogP) is 3.22. The number of halogens is 2. The van der Waals surface area contributed by atoms with Crippen molar-refractivity contribution in [1.29, 1.82) is 0 Å². The van der Waals surface area contributed by atoms with Gasteiger partial charge in [0.25, 0.3) is 0 Å². The second-order valence-electron chi connectivity index (χ2n) is 5.25. The number of alkyl halides is 1. The first-order valence-electron chi connectivity index (χ1n) is 6.31. The van der Waals surface area contributed by atoms with E-state index >= 15 is 0 Å². The van der Waals surface area contributed by atoms with Crippen LogP contribution in [-0.2, 0) is 11.3 Å². The Bertz CT molecular complexity index is 450. The SMILES string of the molecule is CC(C)(Br)C(=O)N1CCN(Cc2ccc(Cl)s2)CC1. The summed E-state index contributed by atoms with van der Waals surface area (Å²) in [6.07, 6.45) is 0. The lowest BCUT2D eigenvalue weighted by molar-refractivity contribution is -0.134. The van der Waals surface area contributed by atoms with Crippen molar-refractivity contribution in [2.45, 2.75) is 24.7 Å². The fourth-order valence-electron chi connectivity index (χ4n) is 2.14. The van der Waals surface area contributed by atoms with E-state index in [-0.39, 0.29) is 5.91 Å². The van der Waals surface area contributed by atoms with Crippen LogP contribution in [0.25, 0.3) is 0 Å². The minimum atomic E-state index is -0.462. The Labute approximate surface area is 131 Å². The first-order valence-corrected chi connectivity index (χ1v) is 8.30. The third kappa shape index (κ3) is 4.18. The monoisotopic (exact) mass is 364 g/mol. The number of thiophene rings is 1. The van der Waals surface area contributed by atoms with Crippen molar-refractivity contribution in [1.82, 2.24) is 9.80 Å². The fourth-order valence-corrected chi connectivity index (χ4v) is 3.52. The van der Waals surface area contributed by atoms with Gasteiger partial charge in [0.05, 0.1) is 8.66 Å². The zero-order valence-electron chi connectivity index (χ0n) is 11.2. The van der Waals surface area contributed by atoms with Crippen LogP contribution in [0, 0.1) is 0 Å². The second-order valence-corrected chi connectivity index (χ2v) is 9.03. The van der Waals surface area contributed by atoms with Crippen LogP contribution >= 0.6 is 38.9 Å². The highest BCUT2D eigenvalue weighted by atomic mass is 79.9. The smallest absolute Gasteiger partial charge is 0.238 e. The summed E-state index contributed by atoms with van der Waals surface area (Å²) in [4.78, 5) is 17.7. The lowest BCUT2D eigenvalue weighted by atomic mass is 10.1. The van der Waals surface area contributed by atoms with Crippen LogP contribution in [0.2, 0.25) is 4.34 Å². The quantitative estimate of drug-likeness (QED) is 0.768. The van der Waals surface area contributed by atoms with Gasteiger partial charge in [-0.15, -0.1) is 11.3 Å². The summed E-state index contributed by atoms with van der Waals surface area (Å²) in [5, 5.41) is 0. The van der Waals surface area contributed by atoms with Crippen molar-refractivity contribution < 1.29 is 4.79 Å². The number of carbonyl (C=O) groups is 1. The molecule has 1 aliphatic rings. The van der Waals surface area contributed by atoms with Crippen LogP contribution in [0.4, 0.5) is 0 Å². The lowest BCUT2D eigenvalue weighted by Crippen LogP contribution is -2.52. The first kappa shape index (κ1) is 15.3. The highest BCUT2D eigenvalue weighted by Gasteiger charge is 2.31. The molecule has 1 aliphatic heterocycles. The van der Waals surface area contributed by atoms with E-state index in [1.54, 1.807) is 11.3 Å². The molecule has 2 rings (SSSR count). The molecule has 0 saturated carbocycles. The molecule has 19 heavy (non-hydrogen) atoms. The van der Waals surface area contributed by atoms with Crippen LogP contribution in [-0.4, -0.2) is 46.2 Å². The zero-order valence-corrected chi connectivity index (χ0v) is 14.3. The molecule has 0 bridgehead atoms. The number of piperazine rings is 1. The third-order valence-corrected chi connectivity index (χ3v) is 4.73. The molecule has 0 aliphatic carbocycles.